The second kappa shape index (κ2) is 7.05. The molecule has 0 bridgehead atoms. The van der Waals surface area contributed by atoms with E-state index in [0.717, 1.165) is 12.1 Å². The summed E-state index contributed by atoms with van der Waals surface area (Å²) in [7, 11) is 2.05. The van der Waals surface area contributed by atoms with E-state index < -0.39 is 22.8 Å². The lowest BCUT2D eigenvalue weighted by atomic mass is 9.72. The van der Waals surface area contributed by atoms with Gasteiger partial charge in [-0.05, 0) is 50.2 Å². The third kappa shape index (κ3) is 2.58. The number of nitrogens with zero attached hydrogens (tertiary/aromatic N) is 2. The minimum absolute atomic E-state index is 0.00515. The predicted molar refractivity (Wildman–Crippen MR) is 137 cm³/mol. The van der Waals surface area contributed by atoms with Crippen molar-refractivity contribution in [2.75, 3.05) is 13.6 Å². The molecular weight excluding hydrogens is 452 g/mol. The van der Waals surface area contributed by atoms with Gasteiger partial charge in [-0.25, -0.2) is 4.79 Å². The van der Waals surface area contributed by atoms with Gasteiger partial charge in [0.05, 0.1) is 0 Å². The van der Waals surface area contributed by atoms with E-state index in [4.69, 9.17) is 9.47 Å². The van der Waals surface area contributed by atoms with E-state index >= 15 is 0 Å². The molecule has 1 spiro atoms. The predicted octanol–water partition coefficient (Wildman–Crippen LogP) is 4.63. The highest BCUT2D eigenvalue weighted by atomic mass is 16.7. The first-order valence-corrected chi connectivity index (χ1v) is 12.5. The molecule has 3 aliphatic rings. The molecule has 0 radical (unpaired) electrons. The normalized spacial score (nSPS) is 31.3. The van der Waals surface area contributed by atoms with Crippen LogP contribution in [0, 0.1) is 0 Å². The summed E-state index contributed by atoms with van der Waals surface area (Å²) >= 11 is 0. The van der Waals surface area contributed by atoms with Crippen LogP contribution in [0.15, 0.2) is 72.8 Å². The fraction of sp³-hybridized carbons (Fsp3) is 0.333. The van der Waals surface area contributed by atoms with E-state index in [0.29, 0.717) is 13.0 Å². The van der Waals surface area contributed by atoms with Gasteiger partial charge in [0, 0.05) is 47.4 Å². The van der Waals surface area contributed by atoms with E-state index in [1.165, 1.54) is 34.3 Å². The number of rotatable bonds is 4. The molecule has 3 fully saturated rings. The number of carbonyl (C=O) groups is 2. The number of carbonyl (C=O) groups excluding carboxylic acids is 2. The Bertz CT molecular complexity index is 1580. The van der Waals surface area contributed by atoms with Crippen molar-refractivity contribution in [3.05, 3.63) is 83.9 Å². The molecule has 4 unspecified atom stereocenters. The maximum Gasteiger partial charge on any atom is 0.350 e. The molecule has 3 aromatic carbocycles. The van der Waals surface area contributed by atoms with E-state index in [1.807, 2.05) is 13.0 Å². The van der Waals surface area contributed by atoms with Gasteiger partial charge >= 0.3 is 5.97 Å². The van der Waals surface area contributed by atoms with Crippen molar-refractivity contribution in [1.82, 2.24) is 9.47 Å². The van der Waals surface area contributed by atoms with Gasteiger partial charge in [0.15, 0.2) is 17.0 Å². The molecule has 0 N–H and O–H groups in total. The Morgan fingerprint density at radius 2 is 1.72 bits per heavy atom. The number of Topliss-reactive ketones (excluding diaryl/α,β-unsaturated/α-hetero) is 1. The number of ketones is 1. The number of aromatic nitrogens is 1. The molecule has 3 saturated heterocycles. The van der Waals surface area contributed by atoms with Crippen LogP contribution in [-0.2, 0) is 25.6 Å². The number of epoxide rings is 1. The van der Waals surface area contributed by atoms with Crippen LogP contribution < -0.4 is 0 Å². The van der Waals surface area contributed by atoms with Gasteiger partial charge in [-0.2, -0.15) is 0 Å². The monoisotopic (exact) mass is 480 g/mol. The first-order chi connectivity index (χ1) is 17.3. The molecule has 6 nitrogen and oxygen atoms in total. The van der Waals surface area contributed by atoms with Crippen molar-refractivity contribution in [3.8, 4) is 0 Å². The Hall–Kier alpha value is -3.48. The molecule has 182 valence electrons. The molecule has 36 heavy (non-hydrogen) atoms. The van der Waals surface area contributed by atoms with Crippen LogP contribution in [0.2, 0.25) is 0 Å². The molecule has 7 rings (SSSR count). The van der Waals surface area contributed by atoms with Gasteiger partial charge in [-0.3, -0.25) is 9.69 Å². The van der Waals surface area contributed by atoms with Crippen molar-refractivity contribution in [1.29, 1.82) is 0 Å². The molecule has 4 heterocycles. The highest BCUT2D eigenvalue weighted by Crippen LogP contribution is 2.68. The summed E-state index contributed by atoms with van der Waals surface area (Å²) in [6.45, 7) is 4.63. The highest BCUT2D eigenvalue weighted by Gasteiger charge is 2.91. The number of para-hydroxylation sites is 1. The SMILES string of the molecule is CC(=O)C12OC13CC(c1ccc4c(c1)c1ccccc1n4Cc1ccccc1)N(C)CC3(C)OC2=O. The van der Waals surface area contributed by atoms with Crippen LogP contribution in [0.25, 0.3) is 21.8 Å². The topological polar surface area (TPSA) is 64.1 Å². The molecule has 0 aliphatic carbocycles. The van der Waals surface area contributed by atoms with E-state index in [9.17, 15) is 9.59 Å². The molecule has 1 aromatic heterocycles. The second-order valence-electron chi connectivity index (χ2n) is 10.8. The Morgan fingerprint density at radius 3 is 2.47 bits per heavy atom. The minimum Gasteiger partial charge on any atom is -0.452 e. The van der Waals surface area contributed by atoms with Crippen LogP contribution >= 0.6 is 0 Å². The summed E-state index contributed by atoms with van der Waals surface area (Å²) in [4.78, 5) is 27.6. The highest BCUT2D eigenvalue weighted by molar-refractivity contribution is 6.13. The summed E-state index contributed by atoms with van der Waals surface area (Å²) in [5.41, 5.74) is 1.60. The maximum absolute atomic E-state index is 12.8. The minimum atomic E-state index is -1.45. The summed E-state index contributed by atoms with van der Waals surface area (Å²) in [5.74, 6) is -0.801. The molecule has 4 atom stereocenters. The number of piperidine rings is 1. The van der Waals surface area contributed by atoms with Crippen molar-refractivity contribution >= 4 is 33.6 Å². The van der Waals surface area contributed by atoms with Crippen molar-refractivity contribution in [3.63, 3.8) is 0 Å². The summed E-state index contributed by atoms with van der Waals surface area (Å²) < 4.78 is 14.2. The molecule has 3 aliphatic heterocycles. The molecule has 0 amide bonds. The third-order valence-electron chi connectivity index (χ3n) is 8.74. The quantitative estimate of drug-likeness (QED) is 0.242. The molecule has 4 aromatic rings. The zero-order chi connectivity index (χ0) is 24.9. The summed E-state index contributed by atoms with van der Waals surface area (Å²) in [6.07, 6.45) is 0.527. The van der Waals surface area contributed by atoms with Gasteiger partial charge in [0.2, 0.25) is 0 Å². The largest absolute Gasteiger partial charge is 0.452 e. The lowest BCUT2D eigenvalue weighted by Crippen LogP contribution is -2.57. The van der Waals surface area contributed by atoms with Gasteiger partial charge in [-0.1, -0.05) is 54.6 Å². The van der Waals surface area contributed by atoms with Gasteiger partial charge in [-0.15, -0.1) is 0 Å². The molecule has 0 saturated carbocycles. The van der Waals surface area contributed by atoms with Crippen LogP contribution in [0.3, 0.4) is 0 Å². The molecule has 6 heteroatoms. The lowest BCUT2D eigenvalue weighted by molar-refractivity contribution is -0.175. The molecular formula is C30H28N2O4. The Morgan fingerprint density at radius 1 is 1.00 bits per heavy atom. The average molecular weight is 481 g/mol. The number of esters is 1. The second-order valence-corrected chi connectivity index (χ2v) is 10.8. The number of likely N-dealkylation sites (tertiary alicyclic amines) is 1. The standard InChI is InChI=1S/C30H28N2O4/c1-19(33)30-27(34)35-28(2)18-31(3)26(16-29(28,30)36-30)21-13-14-25-23(15-21)22-11-7-8-12-24(22)32(25)17-20-9-5-4-6-10-20/h4-15,26H,16-18H2,1-3H3. The fourth-order valence-electron chi connectivity index (χ4n) is 6.94. The van der Waals surface area contributed by atoms with Crippen molar-refractivity contribution in [2.24, 2.45) is 0 Å². The van der Waals surface area contributed by atoms with Crippen molar-refractivity contribution in [2.45, 2.75) is 49.7 Å². The first-order valence-electron chi connectivity index (χ1n) is 12.5. The Kier molecular flexibility index (Phi) is 4.27. The van der Waals surface area contributed by atoms with Crippen LogP contribution in [0.5, 0.6) is 0 Å². The number of hydrogen-bond acceptors (Lipinski definition) is 5. The van der Waals surface area contributed by atoms with Crippen molar-refractivity contribution < 1.29 is 19.1 Å². The Balaban J connectivity index is 1.33. The van der Waals surface area contributed by atoms with Crippen LogP contribution in [0.1, 0.15) is 37.4 Å². The zero-order valence-electron chi connectivity index (χ0n) is 20.7. The Labute approximate surface area is 209 Å². The van der Waals surface area contributed by atoms with Crippen LogP contribution in [-0.4, -0.2) is 51.6 Å². The lowest BCUT2D eigenvalue weighted by Gasteiger charge is -2.44. The van der Waals surface area contributed by atoms with E-state index in [1.54, 1.807) is 0 Å². The van der Waals surface area contributed by atoms with E-state index in [2.05, 4.69) is 83.2 Å². The van der Waals surface area contributed by atoms with Gasteiger partial charge in [0.25, 0.3) is 5.60 Å². The number of hydrogen-bond donors (Lipinski definition) is 0. The number of benzene rings is 3. The van der Waals surface area contributed by atoms with Gasteiger partial charge in [0.1, 0.15) is 0 Å². The fourth-order valence-corrected chi connectivity index (χ4v) is 6.94. The number of likely N-dealkylation sites (N-methyl/N-ethyl adjacent to an activating group) is 1. The number of ether oxygens (including phenoxy) is 2. The first kappa shape index (κ1) is 21.8. The average Bonchev–Trinajstić information content (AvgIpc) is 3.42. The number of fused-ring (bicyclic) bond motifs is 3. The van der Waals surface area contributed by atoms with Gasteiger partial charge < -0.3 is 14.0 Å². The zero-order valence-corrected chi connectivity index (χ0v) is 20.7. The maximum atomic E-state index is 12.8. The summed E-state index contributed by atoms with van der Waals surface area (Å²) in [6, 6.07) is 25.7. The van der Waals surface area contributed by atoms with Crippen LogP contribution in [0.4, 0.5) is 0 Å². The van der Waals surface area contributed by atoms with E-state index in [-0.39, 0.29) is 11.8 Å². The third-order valence-corrected chi connectivity index (χ3v) is 8.74. The smallest absolute Gasteiger partial charge is 0.350 e. The summed E-state index contributed by atoms with van der Waals surface area (Å²) in [5, 5.41) is 2.42.